The fourth-order valence-corrected chi connectivity index (χ4v) is 3.33. The van der Waals surface area contributed by atoms with Crippen molar-refractivity contribution >= 4 is 27.1 Å². The number of ether oxygens (including phenoxy) is 2. The normalized spacial score (nSPS) is 29.2. The van der Waals surface area contributed by atoms with Crippen molar-refractivity contribution in [3.8, 4) is 0 Å². The molecule has 12 heteroatoms. The van der Waals surface area contributed by atoms with Gasteiger partial charge in [0.1, 0.15) is 24.4 Å². The van der Waals surface area contributed by atoms with Gasteiger partial charge in [0.25, 0.3) is 0 Å². The second kappa shape index (κ2) is 8.13. The van der Waals surface area contributed by atoms with E-state index in [0.29, 0.717) is 5.56 Å². The average molecular weight is 416 g/mol. The van der Waals surface area contributed by atoms with Crippen LogP contribution >= 0.6 is 0 Å². The van der Waals surface area contributed by atoms with Crippen LogP contribution in [0.4, 0.5) is 0 Å². The maximum absolute atomic E-state index is 11.2. The second-order valence-corrected chi connectivity index (χ2v) is 7.36. The highest BCUT2D eigenvalue weighted by Gasteiger charge is 2.45. The number of aliphatic hydroxyl groups excluding tert-OH is 4. The predicted molar refractivity (Wildman–Crippen MR) is 95.8 cm³/mol. The summed E-state index contributed by atoms with van der Waals surface area (Å²) in [6, 6.07) is 7.16. The molecule has 0 saturated carbocycles. The molecule has 6 N–H and O–H groups in total. The Balaban J connectivity index is 1.88. The van der Waals surface area contributed by atoms with Gasteiger partial charge in [-0.15, -0.1) is 4.40 Å². The van der Waals surface area contributed by atoms with Crippen LogP contribution in [-0.2, 0) is 26.2 Å². The minimum atomic E-state index is -4.84. The van der Waals surface area contributed by atoms with Gasteiger partial charge in [-0.25, -0.2) is 0 Å². The third kappa shape index (κ3) is 4.50. The average Bonchev–Trinajstić information content (AvgIpc) is 3.04. The molecule has 2 heterocycles. The van der Waals surface area contributed by atoms with Gasteiger partial charge < -0.3 is 34.9 Å². The SMILES string of the molecule is O=S(=O)(O)N=C(Cc1c[nH]c2ccccc12)O[C@@H]1O[C@H](CO)[C@@H](O)[C@H](O)[C@H]1O. The summed E-state index contributed by atoms with van der Waals surface area (Å²) < 4.78 is 45.2. The molecule has 1 aromatic heterocycles. The lowest BCUT2D eigenvalue weighted by molar-refractivity contribution is -0.281. The Morgan fingerprint density at radius 1 is 1.18 bits per heavy atom. The molecule has 2 aromatic rings. The smallest absolute Gasteiger partial charge is 0.381 e. The molecule has 0 bridgehead atoms. The Morgan fingerprint density at radius 3 is 2.57 bits per heavy atom. The fraction of sp³-hybridized carbons (Fsp3) is 0.438. The standard InChI is InChI=1S/C16H20N2O9S/c19-7-11-13(20)14(21)15(22)16(26-11)27-12(18-28(23,24)25)5-8-6-17-10-4-2-1-3-9(8)10/h1-4,6,11,13-17,19-22H,5,7H2,(H,23,24,25)/t11-,13-,14+,15-,16+/m1/s1. The first-order valence-electron chi connectivity index (χ1n) is 8.28. The first kappa shape index (κ1) is 20.7. The van der Waals surface area contributed by atoms with E-state index in [-0.39, 0.29) is 6.42 Å². The van der Waals surface area contributed by atoms with Crippen LogP contribution in [-0.4, -0.2) is 81.6 Å². The number of nitrogens with zero attached hydrogens (tertiary/aromatic N) is 1. The summed E-state index contributed by atoms with van der Waals surface area (Å²) in [5.41, 5.74) is 1.36. The molecular weight excluding hydrogens is 396 g/mol. The van der Waals surface area contributed by atoms with Gasteiger partial charge in [-0.3, -0.25) is 4.55 Å². The monoisotopic (exact) mass is 416 g/mol. The van der Waals surface area contributed by atoms with Crippen LogP contribution in [0.5, 0.6) is 0 Å². The van der Waals surface area contributed by atoms with Crippen LogP contribution < -0.4 is 0 Å². The van der Waals surface area contributed by atoms with Crippen molar-refractivity contribution < 1.29 is 42.9 Å². The molecule has 5 atom stereocenters. The fourth-order valence-electron chi connectivity index (χ4n) is 2.96. The third-order valence-electron chi connectivity index (χ3n) is 4.33. The summed E-state index contributed by atoms with van der Waals surface area (Å²) in [5, 5.41) is 39.7. The number of fused-ring (bicyclic) bond motifs is 1. The maximum atomic E-state index is 11.2. The van der Waals surface area contributed by atoms with Crippen LogP contribution in [0.2, 0.25) is 0 Å². The van der Waals surface area contributed by atoms with Crippen molar-refractivity contribution in [2.75, 3.05) is 6.61 Å². The van der Waals surface area contributed by atoms with Crippen LogP contribution in [0, 0.1) is 0 Å². The predicted octanol–water partition coefficient (Wildman–Crippen LogP) is -1.27. The van der Waals surface area contributed by atoms with Crippen LogP contribution in [0.3, 0.4) is 0 Å². The van der Waals surface area contributed by atoms with Crippen molar-refractivity contribution in [3.63, 3.8) is 0 Å². The zero-order chi connectivity index (χ0) is 20.5. The molecule has 28 heavy (non-hydrogen) atoms. The molecule has 1 saturated heterocycles. The minimum absolute atomic E-state index is 0.196. The van der Waals surface area contributed by atoms with E-state index >= 15 is 0 Å². The van der Waals surface area contributed by atoms with E-state index < -0.39 is 53.5 Å². The van der Waals surface area contributed by atoms with E-state index in [1.807, 2.05) is 0 Å². The first-order valence-corrected chi connectivity index (χ1v) is 9.67. The van der Waals surface area contributed by atoms with E-state index in [9.17, 15) is 28.8 Å². The summed E-state index contributed by atoms with van der Waals surface area (Å²) in [5.74, 6) is -0.517. The van der Waals surface area contributed by atoms with Crippen LogP contribution in [0.25, 0.3) is 10.9 Å². The molecule has 0 amide bonds. The summed E-state index contributed by atoms with van der Waals surface area (Å²) >= 11 is 0. The summed E-state index contributed by atoms with van der Waals surface area (Å²) in [7, 11) is -4.84. The Bertz CT molecular complexity index is 956. The summed E-state index contributed by atoms with van der Waals surface area (Å²) in [6.45, 7) is -0.683. The number of para-hydroxylation sites is 1. The Kier molecular flexibility index (Phi) is 6.00. The molecule has 11 nitrogen and oxygen atoms in total. The van der Waals surface area contributed by atoms with Crippen molar-refractivity contribution in [1.82, 2.24) is 4.98 Å². The number of H-pyrrole nitrogens is 1. The van der Waals surface area contributed by atoms with E-state index in [4.69, 9.17) is 14.0 Å². The van der Waals surface area contributed by atoms with Gasteiger partial charge in [0.15, 0.2) is 0 Å². The Labute approximate surface area is 159 Å². The third-order valence-corrected chi connectivity index (χ3v) is 4.77. The largest absolute Gasteiger partial charge is 0.448 e. The highest BCUT2D eigenvalue weighted by Crippen LogP contribution is 2.24. The van der Waals surface area contributed by atoms with Crippen molar-refractivity contribution in [2.24, 2.45) is 4.40 Å². The topological polar surface area (TPSA) is 182 Å². The van der Waals surface area contributed by atoms with Gasteiger partial charge >= 0.3 is 10.3 Å². The zero-order valence-electron chi connectivity index (χ0n) is 14.4. The Hall–Kier alpha value is -2.06. The molecule has 154 valence electrons. The summed E-state index contributed by atoms with van der Waals surface area (Å²) in [6.07, 6.45) is -6.55. The second-order valence-electron chi connectivity index (χ2n) is 6.28. The van der Waals surface area contributed by atoms with E-state index in [1.165, 1.54) is 0 Å². The lowest BCUT2D eigenvalue weighted by Crippen LogP contribution is -2.59. The molecule has 1 aliphatic rings. The molecule has 0 radical (unpaired) electrons. The highest BCUT2D eigenvalue weighted by atomic mass is 32.2. The van der Waals surface area contributed by atoms with Crippen LogP contribution in [0.15, 0.2) is 34.9 Å². The number of nitrogens with one attached hydrogen (secondary N) is 1. The van der Waals surface area contributed by atoms with Crippen molar-refractivity contribution in [2.45, 2.75) is 37.1 Å². The molecule has 0 unspecified atom stereocenters. The Morgan fingerprint density at radius 2 is 1.89 bits per heavy atom. The van der Waals surface area contributed by atoms with Gasteiger partial charge in [0.05, 0.1) is 13.0 Å². The highest BCUT2D eigenvalue weighted by molar-refractivity contribution is 7.84. The van der Waals surface area contributed by atoms with Crippen LogP contribution in [0.1, 0.15) is 5.56 Å². The van der Waals surface area contributed by atoms with Gasteiger partial charge in [-0.05, 0) is 11.6 Å². The number of aromatic nitrogens is 1. The summed E-state index contributed by atoms with van der Waals surface area (Å²) in [4.78, 5) is 2.99. The van der Waals surface area contributed by atoms with Gasteiger partial charge in [0, 0.05) is 17.1 Å². The van der Waals surface area contributed by atoms with E-state index in [1.54, 1.807) is 30.5 Å². The molecule has 3 rings (SSSR count). The molecule has 0 aliphatic carbocycles. The molecule has 1 aromatic carbocycles. The van der Waals surface area contributed by atoms with Crippen molar-refractivity contribution in [1.29, 1.82) is 0 Å². The van der Waals surface area contributed by atoms with Gasteiger partial charge in [-0.1, -0.05) is 18.2 Å². The minimum Gasteiger partial charge on any atom is -0.448 e. The maximum Gasteiger partial charge on any atom is 0.381 e. The van der Waals surface area contributed by atoms with Gasteiger partial charge in [-0.2, -0.15) is 8.42 Å². The number of aliphatic hydroxyl groups is 4. The number of rotatable bonds is 5. The number of hydrogen-bond acceptors (Lipinski definition) is 8. The van der Waals surface area contributed by atoms with E-state index in [2.05, 4.69) is 9.38 Å². The van der Waals surface area contributed by atoms with Crippen molar-refractivity contribution in [3.05, 3.63) is 36.0 Å². The first-order chi connectivity index (χ1) is 13.2. The number of aromatic amines is 1. The zero-order valence-corrected chi connectivity index (χ0v) is 15.2. The number of hydrogen-bond donors (Lipinski definition) is 6. The molecule has 0 spiro atoms. The van der Waals surface area contributed by atoms with Gasteiger partial charge in [0.2, 0.25) is 12.2 Å². The molecule has 1 aliphatic heterocycles. The lowest BCUT2D eigenvalue weighted by atomic mass is 9.99. The van der Waals surface area contributed by atoms with E-state index in [0.717, 1.165) is 10.9 Å². The lowest BCUT2D eigenvalue weighted by Gasteiger charge is -2.39. The quantitative estimate of drug-likeness (QED) is 0.197. The molecular formula is C16H20N2O9S. The molecule has 1 fully saturated rings. The number of benzene rings is 1.